The van der Waals surface area contributed by atoms with Crippen molar-refractivity contribution in [3.8, 4) is 0 Å². The molecule has 0 aromatic carbocycles. The third kappa shape index (κ3) is 4.82. The quantitative estimate of drug-likeness (QED) is 0.264. The molecule has 4 rings (SSSR count). The zero-order valence-electron chi connectivity index (χ0n) is 21.2. The molecule has 4 aliphatic rings. The van der Waals surface area contributed by atoms with E-state index in [1.165, 1.54) is 37.7 Å². The third-order valence-electron chi connectivity index (χ3n) is 10.0. The van der Waals surface area contributed by atoms with Crippen LogP contribution in [0.3, 0.4) is 0 Å². The molecular formula is C29H45FO3. The Hall–Kier alpha value is -1.19. The summed E-state index contributed by atoms with van der Waals surface area (Å²) in [4.78, 5) is 24.6. The second-order valence-electron chi connectivity index (χ2n) is 12.0. The van der Waals surface area contributed by atoms with E-state index >= 15 is 4.39 Å². The number of hydrogen-bond acceptors (Lipinski definition) is 3. The number of halogens is 1. The van der Waals surface area contributed by atoms with Gasteiger partial charge in [0.25, 0.3) is 0 Å². The van der Waals surface area contributed by atoms with E-state index in [-0.39, 0.29) is 34.6 Å². The molecule has 0 spiro atoms. The van der Waals surface area contributed by atoms with Crippen molar-refractivity contribution in [2.45, 2.75) is 129 Å². The van der Waals surface area contributed by atoms with Crippen LogP contribution in [-0.2, 0) is 14.3 Å². The first-order chi connectivity index (χ1) is 15.8. The van der Waals surface area contributed by atoms with Crippen molar-refractivity contribution in [3.05, 3.63) is 11.6 Å². The van der Waals surface area contributed by atoms with Crippen LogP contribution in [0.15, 0.2) is 11.6 Å². The summed E-state index contributed by atoms with van der Waals surface area (Å²) >= 11 is 0. The molecule has 0 aliphatic heterocycles. The van der Waals surface area contributed by atoms with Gasteiger partial charge in [0.15, 0.2) is 5.78 Å². The van der Waals surface area contributed by atoms with Crippen LogP contribution in [0.1, 0.15) is 117 Å². The molecule has 1 unspecified atom stereocenters. The van der Waals surface area contributed by atoms with Crippen molar-refractivity contribution in [3.63, 3.8) is 0 Å². The van der Waals surface area contributed by atoms with Crippen LogP contribution in [-0.4, -0.2) is 24.0 Å². The topological polar surface area (TPSA) is 43.4 Å². The number of rotatable bonds is 9. The van der Waals surface area contributed by atoms with Crippen molar-refractivity contribution in [1.82, 2.24) is 0 Å². The maximum Gasteiger partial charge on any atom is 0.306 e. The summed E-state index contributed by atoms with van der Waals surface area (Å²) in [5.41, 5.74) is 0.768. The first-order valence-corrected chi connectivity index (χ1v) is 13.9. The zero-order chi connectivity index (χ0) is 23.6. The number of hydrogen-bond donors (Lipinski definition) is 0. The number of unbranched alkanes of at least 4 members (excludes halogenated alkanes) is 6. The molecule has 0 heterocycles. The number of allylic oxidation sites excluding steroid dienone is 1. The third-order valence-corrected chi connectivity index (χ3v) is 10.0. The number of esters is 1. The summed E-state index contributed by atoms with van der Waals surface area (Å²) in [5, 5.41) is 0. The summed E-state index contributed by atoms with van der Waals surface area (Å²) in [6, 6.07) is 0. The second kappa shape index (κ2) is 10.2. The molecule has 4 aliphatic carbocycles. The van der Waals surface area contributed by atoms with Crippen molar-refractivity contribution < 1.29 is 18.7 Å². The maximum absolute atomic E-state index is 15.9. The van der Waals surface area contributed by atoms with Gasteiger partial charge < -0.3 is 4.74 Å². The molecule has 3 saturated carbocycles. The van der Waals surface area contributed by atoms with Gasteiger partial charge in [0.2, 0.25) is 0 Å². The van der Waals surface area contributed by atoms with Crippen LogP contribution in [0.25, 0.3) is 0 Å². The van der Waals surface area contributed by atoms with Gasteiger partial charge in [0, 0.05) is 24.2 Å². The molecule has 7 atom stereocenters. The summed E-state index contributed by atoms with van der Waals surface area (Å²) in [6.45, 7) is 6.63. The second-order valence-corrected chi connectivity index (χ2v) is 12.0. The highest BCUT2D eigenvalue weighted by Crippen LogP contribution is 2.66. The Morgan fingerprint density at radius 3 is 2.55 bits per heavy atom. The average molecular weight is 461 g/mol. The fraction of sp³-hybridized carbons (Fsp3) is 0.862. The summed E-state index contributed by atoms with van der Waals surface area (Å²) in [7, 11) is 0. The van der Waals surface area contributed by atoms with E-state index in [4.69, 9.17) is 4.74 Å². The highest BCUT2D eigenvalue weighted by atomic mass is 19.1. The number of fused-ring (bicyclic) bond motifs is 5. The van der Waals surface area contributed by atoms with E-state index in [0.717, 1.165) is 44.9 Å². The van der Waals surface area contributed by atoms with Crippen LogP contribution in [0.4, 0.5) is 4.39 Å². The Labute approximate surface area is 200 Å². The number of ketones is 1. The lowest BCUT2D eigenvalue weighted by Gasteiger charge is -2.58. The number of ether oxygens (including phenoxy) is 1. The molecular weight excluding hydrogens is 415 g/mol. The molecule has 4 heteroatoms. The minimum Gasteiger partial charge on any atom is -0.462 e. The summed E-state index contributed by atoms with van der Waals surface area (Å²) in [6.07, 6.45) is 15.2. The Kier molecular flexibility index (Phi) is 7.70. The lowest BCUT2D eigenvalue weighted by Crippen LogP contribution is -2.56. The molecule has 0 radical (unpaired) electrons. The number of alkyl halides is 1. The lowest BCUT2D eigenvalue weighted by molar-refractivity contribution is -0.165. The molecule has 3 nitrogen and oxygen atoms in total. The first kappa shape index (κ1) is 24.9. The van der Waals surface area contributed by atoms with Crippen molar-refractivity contribution in [1.29, 1.82) is 0 Å². The van der Waals surface area contributed by atoms with Crippen molar-refractivity contribution in [2.24, 2.45) is 28.6 Å². The number of carbonyl (C=O) groups is 2. The Morgan fingerprint density at radius 1 is 1.06 bits per heavy atom. The minimum absolute atomic E-state index is 0.00540. The molecule has 0 saturated heterocycles. The van der Waals surface area contributed by atoms with E-state index in [1.807, 2.05) is 6.08 Å². The van der Waals surface area contributed by atoms with Gasteiger partial charge >= 0.3 is 5.97 Å². The molecule has 0 bridgehead atoms. The van der Waals surface area contributed by atoms with Crippen molar-refractivity contribution in [2.75, 3.05) is 0 Å². The van der Waals surface area contributed by atoms with Gasteiger partial charge in [-0.3, -0.25) is 9.59 Å². The highest BCUT2D eigenvalue weighted by Gasteiger charge is 2.63. The lowest BCUT2D eigenvalue weighted by atomic mass is 9.47. The van der Waals surface area contributed by atoms with Gasteiger partial charge in [-0.15, -0.1) is 0 Å². The van der Waals surface area contributed by atoms with Crippen LogP contribution < -0.4 is 0 Å². The molecule has 0 N–H and O–H groups in total. The largest absolute Gasteiger partial charge is 0.462 e. The Balaban J connectivity index is 1.35. The highest BCUT2D eigenvalue weighted by molar-refractivity contribution is 5.91. The molecule has 3 fully saturated rings. The Bertz CT molecular complexity index is 760. The normalized spacial score (nSPS) is 39.9. The zero-order valence-corrected chi connectivity index (χ0v) is 21.2. The van der Waals surface area contributed by atoms with Gasteiger partial charge in [-0.2, -0.15) is 0 Å². The predicted octanol–water partition coefficient (Wildman–Crippen LogP) is 7.52. The monoisotopic (exact) mass is 460 g/mol. The van der Waals surface area contributed by atoms with E-state index in [0.29, 0.717) is 31.1 Å². The van der Waals surface area contributed by atoms with Gasteiger partial charge in [-0.05, 0) is 68.3 Å². The molecule has 0 aromatic rings. The molecule has 33 heavy (non-hydrogen) atoms. The molecule has 0 aromatic heterocycles. The standard InChI is InChI=1S/C29H45FO3/c1-4-5-6-7-8-9-10-11-26(32)33-25-15-14-23-22-13-12-20-18-21(31)16-17-28(20,2)27(22)24(30)19-29(23,25)3/h18,22-25,27H,4-17,19H2,1-3H3/t22-,23-,24?,25-,27+,28-,29-/m0/s1. The van der Waals surface area contributed by atoms with Crippen LogP contribution >= 0.6 is 0 Å². The van der Waals surface area contributed by atoms with E-state index < -0.39 is 6.17 Å². The predicted molar refractivity (Wildman–Crippen MR) is 129 cm³/mol. The summed E-state index contributed by atoms with van der Waals surface area (Å²) in [5.74, 6) is 0.888. The smallest absolute Gasteiger partial charge is 0.306 e. The van der Waals surface area contributed by atoms with Gasteiger partial charge in [-0.25, -0.2) is 4.39 Å². The average Bonchev–Trinajstić information content (AvgIpc) is 3.08. The van der Waals surface area contributed by atoms with Gasteiger partial charge in [0.1, 0.15) is 12.3 Å². The maximum atomic E-state index is 15.9. The van der Waals surface area contributed by atoms with E-state index in [1.54, 1.807) is 0 Å². The summed E-state index contributed by atoms with van der Waals surface area (Å²) < 4.78 is 22.0. The first-order valence-electron chi connectivity index (χ1n) is 13.9. The van der Waals surface area contributed by atoms with Crippen LogP contribution in [0, 0.1) is 28.6 Å². The van der Waals surface area contributed by atoms with Crippen LogP contribution in [0.2, 0.25) is 0 Å². The van der Waals surface area contributed by atoms with Gasteiger partial charge in [0.05, 0.1) is 0 Å². The molecule has 186 valence electrons. The Morgan fingerprint density at radius 2 is 1.79 bits per heavy atom. The van der Waals surface area contributed by atoms with Crippen molar-refractivity contribution >= 4 is 11.8 Å². The van der Waals surface area contributed by atoms with Crippen LogP contribution in [0.5, 0.6) is 0 Å². The van der Waals surface area contributed by atoms with E-state index in [2.05, 4.69) is 20.8 Å². The fourth-order valence-electron chi connectivity index (χ4n) is 8.21. The number of carbonyl (C=O) groups excluding carboxylic acids is 2. The van der Waals surface area contributed by atoms with Gasteiger partial charge in [-0.1, -0.05) is 64.9 Å². The van der Waals surface area contributed by atoms with E-state index in [9.17, 15) is 9.59 Å². The fourth-order valence-corrected chi connectivity index (χ4v) is 8.21. The minimum atomic E-state index is -0.888. The molecule has 0 amide bonds. The SMILES string of the molecule is CCCCCCCCCC(=O)O[C@H]1CC[C@H]2[C@@H]3CCC4=CC(=O)CC[C@]4(C)[C@H]3C(F)C[C@]12C.